The summed E-state index contributed by atoms with van der Waals surface area (Å²) in [6, 6.07) is 16.7. The van der Waals surface area contributed by atoms with Crippen LogP contribution in [0.5, 0.6) is 5.75 Å². The highest BCUT2D eigenvalue weighted by Crippen LogP contribution is 2.27. The molecule has 8 heteroatoms. The zero-order valence-electron chi connectivity index (χ0n) is 16.9. The molecule has 1 amide bonds. The second kappa shape index (κ2) is 7.71. The summed E-state index contributed by atoms with van der Waals surface area (Å²) in [6.45, 7) is 0.978. The van der Waals surface area contributed by atoms with Gasteiger partial charge in [0.15, 0.2) is 11.3 Å². The van der Waals surface area contributed by atoms with Crippen LogP contribution in [0.3, 0.4) is 0 Å². The van der Waals surface area contributed by atoms with E-state index in [1.807, 2.05) is 36.5 Å². The summed E-state index contributed by atoms with van der Waals surface area (Å²) < 4.78 is 12.4. The summed E-state index contributed by atoms with van der Waals surface area (Å²) in [5, 5.41) is 9.15. The maximum Gasteiger partial charge on any atom is 0.349 e. The molecule has 1 fully saturated rings. The van der Waals surface area contributed by atoms with E-state index in [9.17, 15) is 9.59 Å². The summed E-state index contributed by atoms with van der Waals surface area (Å²) in [4.78, 5) is 27.2. The van der Waals surface area contributed by atoms with Gasteiger partial charge in [-0.25, -0.2) is 9.48 Å². The fraction of sp³-hybridized carbons (Fsp3) is 0.217. The van der Waals surface area contributed by atoms with Crippen molar-refractivity contribution in [2.45, 2.75) is 12.5 Å². The molecule has 4 aromatic rings. The van der Waals surface area contributed by atoms with Crippen LogP contribution >= 0.6 is 0 Å². The van der Waals surface area contributed by atoms with Gasteiger partial charge in [-0.05, 0) is 18.6 Å². The van der Waals surface area contributed by atoms with E-state index in [0.717, 1.165) is 17.7 Å². The molecule has 2 aromatic carbocycles. The Bertz CT molecular complexity index is 1310. The standard InChI is InChI=1S/C23H20N4O4/c1-30-20-9-5-8-16-12-18(23(29)31-21(16)20)22(28)26-11-10-17(13-26)27-14-19(24-25-27)15-6-3-2-4-7-15/h2-9,12,14,17H,10-11,13H2,1H3. The number of aromatic nitrogens is 3. The maximum absolute atomic E-state index is 13.1. The Hall–Kier alpha value is -3.94. The number of ether oxygens (including phenoxy) is 1. The van der Waals surface area contributed by atoms with Crippen molar-refractivity contribution < 1.29 is 13.9 Å². The molecule has 31 heavy (non-hydrogen) atoms. The Morgan fingerprint density at radius 1 is 1.16 bits per heavy atom. The van der Waals surface area contributed by atoms with E-state index in [4.69, 9.17) is 9.15 Å². The van der Waals surface area contributed by atoms with Gasteiger partial charge in [0.2, 0.25) is 0 Å². The van der Waals surface area contributed by atoms with Gasteiger partial charge in [-0.3, -0.25) is 4.79 Å². The fourth-order valence-corrected chi connectivity index (χ4v) is 3.94. The summed E-state index contributed by atoms with van der Waals surface area (Å²) in [5.74, 6) is 0.111. The molecular weight excluding hydrogens is 396 g/mol. The lowest BCUT2D eigenvalue weighted by molar-refractivity contribution is 0.0783. The molecule has 2 aromatic heterocycles. The molecule has 0 spiro atoms. The SMILES string of the molecule is COc1cccc2cc(C(=O)N3CCC(n4cc(-c5ccccc5)nn4)C3)c(=O)oc12. The molecule has 156 valence electrons. The lowest BCUT2D eigenvalue weighted by Gasteiger charge is -2.16. The number of likely N-dealkylation sites (tertiary alicyclic amines) is 1. The second-order valence-corrected chi connectivity index (χ2v) is 7.47. The monoisotopic (exact) mass is 416 g/mol. The minimum atomic E-state index is -0.669. The second-order valence-electron chi connectivity index (χ2n) is 7.47. The Kier molecular flexibility index (Phi) is 4.74. The molecule has 0 radical (unpaired) electrons. The highest BCUT2D eigenvalue weighted by atomic mass is 16.5. The number of rotatable bonds is 4. The predicted octanol–water partition coefficient (Wildman–Crippen LogP) is 3.15. The average molecular weight is 416 g/mol. The van der Waals surface area contributed by atoms with Gasteiger partial charge in [-0.15, -0.1) is 5.10 Å². The van der Waals surface area contributed by atoms with E-state index in [-0.39, 0.29) is 17.5 Å². The number of fused-ring (bicyclic) bond motifs is 1. The topological polar surface area (TPSA) is 90.5 Å². The summed E-state index contributed by atoms with van der Waals surface area (Å²) in [7, 11) is 1.51. The van der Waals surface area contributed by atoms with E-state index >= 15 is 0 Å². The minimum absolute atomic E-state index is 0.00139. The quantitative estimate of drug-likeness (QED) is 0.475. The summed E-state index contributed by atoms with van der Waals surface area (Å²) in [5.41, 5.74) is 1.46. The van der Waals surface area contributed by atoms with Crippen molar-refractivity contribution >= 4 is 16.9 Å². The smallest absolute Gasteiger partial charge is 0.349 e. The molecule has 1 aliphatic heterocycles. The molecule has 0 aliphatic carbocycles. The normalized spacial score (nSPS) is 16.0. The van der Waals surface area contributed by atoms with Crippen molar-refractivity contribution in [3.8, 4) is 17.0 Å². The molecule has 1 saturated heterocycles. The third-order valence-corrected chi connectivity index (χ3v) is 5.58. The van der Waals surface area contributed by atoms with Crippen molar-refractivity contribution in [3.63, 3.8) is 0 Å². The number of benzene rings is 2. The zero-order valence-corrected chi connectivity index (χ0v) is 16.9. The predicted molar refractivity (Wildman–Crippen MR) is 114 cm³/mol. The number of hydrogen-bond acceptors (Lipinski definition) is 6. The van der Waals surface area contributed by atoms with Gasteiger partial charge < -0.3 is 14.1 Å². The van der Waals surface area contributed by atoms with Crippen LogP contribution in [0.1, 0.15) is 22.8 Å². The first-order chi connectivity index (χ1) is 15.1. The van der Waals surface area contributed by atoms with Crippen LogP contribution < -0.4 is 10.4 Å². The Labute approximate surface area is 177 Å². The van der Waals surface area contributed by atoms with E-state index in [1.54, 1.807) is 33.8 Å². The van der Waals surface area contributed by atoms with E-state index < -0.39 is 5.63 Å². The van der Waals surface area contributed by atoms with Crippen molar-refractivity contribution in [3.05, 3.63) is 76.8 Å². The lowest BCUT2D eigenvalue weighted by atomic mass is 10.1. The van der Waals surface area contributed by atoms with Crippen molar-refractivity contribution in [2.75, 3.05) is 20.2 Å². The molecule has 3 heterocycles. The Balaban J connectivity index is 1.37. The van der Waals surface area contributed by atoms with Gasteiger partial charge in [0.05, 0.1) is 19.3 Å². The van der Waals surface area contributed by atoms with Gasteiger partial charge in [0, 0.05) is 24.0 Å². The molecule has 1 atom stereocenters. The number of amides is 1. The van der Waals surface area contributed by atoms with Crippen LogP contribution in [0, 0.1) is 0 Å². The molecule has 8 nitrogen and oxygen atoms in total. The summed E-state index contributed by atoms with van der Waals surface area (Å²) in [6.07, 6.45) is 2.63. The lowest BCUT2D eigenvalue weighted by Crippen LogP contribution is -2.32. The highest BCUT2D eigenvalue weighted by molar-refractivity contribution is 5.97. The fourth-order valence-electron chi connectivity index (χ4n) is 3.94. The Morgan fingerprint density at radius 2 is 2.00 bits per heavy atom. The van der Waals surface area contributed by atoms with Crippen LogP contribution in [-0.2, 0) is 0 Å². The highest BCUT2D eigenvalue weighted by Gasteiger charge is 2.30. The van der Waals surface area contributed by atoms with E-state index in [0.29, 0.717) is 29.8 Å². The van der Waals surface area contributed by atoms with Gasteiger partial charge in [-0.1, -0.05) is 47.7 Å². The third kappa shape index (κ3) is 3.46. The third-order valence-electron chi connectivity index (χ3n) is 5.58. The van der Waals surface area contributed by atoms with Gasteiger partial charge in [-0.2, -0.15) is 0 Å². The number of carbonyl (C=O) groups excluding carboxylic acids is 1. The van der Waals surface area contributed by atoms with E-state index in [1.165, 1.54) is 7.11 Å². The van der Waals surface area contributed by atoms with Crippen LogP contribution in [0.25, 0.3) is 22.2 Å². The number of carbonyl (C=O) groups is 1. The first-order valence-electron chi connectivity index (χ1n) is 10.0. The van der Waals surface area contributed by atoms with Crippen molar-refractivity contribution in [1.82, 2.24) is 19.9 Å². The zero-order chi connectivity index (χ0) is 21.4. The van der Waals surface area contributed by atoms with Crippen LogP contribution in [-0.4, -0.2) is 46.0 Å². The van der Waals surface area contributed by atoms with Gasteiger partial charge >= 0.3 is 5.63 Å². The number of hydrogen-bond donors (Lipinski definition) is 0. The average Bonchev–Trinajstić information content (AvgIpc) is 3.48. The summed E-state index contributed by atoms with van der Waals surface area (Å²) >= 11 is 0. The number of methoxy groups -OCH3 is 1. The molecule has 0 N–H and O–H groups in total. The number of para-hydroxylation sites is 1. The first-order valence-corrected chi connectivity index (χ1v) is 10.0. The molecular formula is C23H20N4O4. The number of nitrogens with zero attached hydrogens (tertiary/aromatic N) is 4. The minimum Gasteiger partial charge on any atom is -0.493 e. The molecule has 5 rings (SSSR count). The van der Waals surface area contributed by atoms with E-state index in [2.05, 4.69) is 10.3 Å². The Morgan fingerprint density at radius 3 is 2.81 bits per heavy atom. The largest absolute Gasteiger partial charge is 0.493 e. The van der Waals surface area contributed by atoms with Crippen molar-refractivity contribution in [1.29, 1.82) is 0 Å². The molecule has 1 aliphatic rings. The van der Waals surface area contributed by atoms with Crippen molar-refractivity contribution in [2.24, 2.45) is 0 Å². The van der Waals surface area contributed by atoms with Crippen LogP contribution in [0.4, 0.5) is 0 Å². The van der Waals surface area contributed by atoms with Crippen LogP contribution in [0.15, 0.2) is 70.0 Å². The molecule has 1 unspecified atom stereocenters. The van der Waals surface area contributed by atoms with Gasteiger partial charge in [0.25, 0.3) is 5.91 Å². The first kappa shape index (κ1) is 19.0. The maximum atomic E-state index is 13.1. The molecule has 0 bridgehead atoms. The molecule has 0 saturated carbocycles. The van der Waals surface area contributed by atoms with Gasteiger partial charge in [0.1, 0.15) is 11.3 Å². The van der Waals surface area contributed by atoms with Crippen LogP contribution in [0.2, 0.25) is 0 Å².